The summed E-state index contributed by atoms with van der Waals surface area (Å²) in [5.41, 5.74) is 4.56. The van der Waals surface area contributed by atoms with Crippen LogP contribution >= 0.6 is 15.9 Å². The number of aromatic nitrogens is 4. The summed E-state index contributed by atoms with van der Waals surface area (Å²) in [6.45, 7) is 3.47. The van der Waals surface area contributed by atoms with Crippen LogP contribution < -0.4 is 5.32 Å². The van der Waals surface area contributed by atoms with E-state index in [2.05, 4.69) is 56.5 Å². The Morgan fingerprint density at radius 3 is 3.00 bits per heavy atom. The van der Waals surface area contributed by atoms with Crippen LogP contribution in [0, 0.1) is 18.3 Å². The lowest BCUT2D eigenvalue weighted by Gasteiger charge is -2.04. The predicted octanol–water partition coefficient (Wildman–Crippen LogP) is 2.34. The maximum atomic E-state index is 9.03. The van der Waals surface area contributed by atoms with Crippen molar-refractivity contribution < 1.29 is 0 Å². The Hall–Kier alpha value is -2.17. The summed E-state index contributed by atoms with van der Waals surface area (Å²) in [4.78, 5) is 8.73. The first kappa shape index (κ1) is 15.7. The van der Waals surface area contributed by atoms with E-state index in [1.54, 1.807) is 6.33 Å². The number of fused-ring (bicyclic) bond motifs is 1. The third-order valence-corrected chi connectivity index (χ3v) is 4.20. The number of nitrogens with one attached hydrogen (secondary N) is 1. The van der Waals surface area contributed by atoms with Crippen LogP contribution in [-0.4, -0.2) is 25.5 Å². The zero-order valence-electron chi connectivity index (χ0n) is 13.0. The van der Waals surface area contributed by atoms with Gasteiger partial charge < -0.3 is 14.3 Å². The standard InChI is InChI=1S/C16H17BrN6/c1-11-5-12(17)8-23-9-13(21-16(11)23)3-4-19-7-15-14(6-18)20-10-22(15)2/h5,8-10,19H,3-4,7H2,1-2H3. The van der Waals surface area contributed by atoms with Gasteiger partial charge in [0.05, 0.1) is 17.7 Å². The van der Waals surface area contributed by atoms with Crippen LogP contribution in [0.3, 0.4) is 0 Å². The lowest BCUT2D eigenvalue weighted by atomic mass is 10.3. The smallest absolute Gasteiger partial charge is 0.162 e. The molecule has 7 heteroatoms. The van der Waals surface area contributed by atoms with E-state index in [-0.39, 0.29) is 0 Å². The van der Waals surface area contributed by atoms with Crippen LogP contribution in [0.25, 0.3) is 5.65 Å². The monoisotopic (exact) mass is 372 g/mol. The number of aryl methyl sites for hydroxylation is 2. The van der Waals surface area contributed by atoms with Gasteiger partial charge in [0, 0.05) is 43.4 Å². The van der Waals surface area contributed by atoms with Crippen molar-refractivity contribution >= 4 is 21.6 Å². The molecular weight excluding hydrogens is 356 g/mol. The molecule has 0 saturated carbocycles. The van der Waals surface area contributed by atoms with Crippen LogP contribution in [0.5, 0.6) is 0 Å². The molecule has 1 N–H and O–H groups in total. The molecule has 0 aliphatic rings. The van der Waals surface area contributed by atoms with Crippen LogP contribution in [0.15, 0.2) is 29.3 Å². The summed E-state index contributed by atoms with van der Waals surface area (Å²) >= 11 is 3.50. The van der Waals surface area contributed by atoms with E-state index >= 15 is 0 Å². The average Bonchev–Trinajstić information content (AvgIpc) is 3.07. The molecule has 23 heavy (non-hydrogen) atoms. The zero-order valence-corrected chi connectivity index (χ0v) is 14.6. The fourth-order valence-corrected chi connectivity index (χ4v) is 3.14. The average molecular weight is 373 g/mol. The number of hydrogen-bond donors (Lipinski definition) is 1. The van der Waals surface area contributed by atoms with Gasteiger partial charge in [0.15, 0.2) is 5.69 Å². The molecule has 0 atom stereocenters. The highest BCUT2D eigenvalue weighted by Gasteiger charge is 2.08. The molecule has 0 aromatic carbocycles. The van der Waals surface area contributed by atoms with Crippen molar-refractivity contribution in [3.05, 3.63) is 51.9 Å². The van der Waals surface area contributed by atoms with E-state index in [0.717, 1.165) is 40.0 Å². The molecule has 0 fully saturated rings. The Kier molecular flexibility index (Phi) is 4.46. The molecule has 0 spiro atoms. The number of imidazole rings is 2. The fraction of sp³-hybridized carbons (Fsp3) is 0.312. The molecule has 6 nitrogen and oxygen atoms in total. The maximum Gasteiger partial charge on any atom is 0.162 e. The molecule has 0 saturated heterocycles. The van der Waals surface area contributed by atoms with Crippen LogP contribution in [0.4, 0.5) is 0 Å². The number of nitriles is 1. The van der Waals surface area contributed by atoms with Gasteiger partial charge in [-0.15, -0.1) is 0 Å². The second kappa shape index (κ2) is 6.52. The van der Waals surface area contributed by atoms with Crippen molar-refractivity contribution in [2.75, 3.05) is 6.54 Å². The Balaban J connectivity index is 1.62. The molecule has 0 amide bonds. The molecule has 118 valence electrons. The SMILES string of the molecule is Cc1cc(Br)cn2cc(CCNCc3c(C#N)ncn3C)nc12. The normalized spacial score (nSPS) is 11.0. The summed E-state index contributed by atoms with van der Waals surface area (Å²) in [5, 5.41) is 12.4. The molecule has 0 unspecified atom stereocenters. The van der Waals surface area contributed by atoms with Gasteiger partial charge in [0.1, 0.15) is 11.7 Å². The van der Waals surface area contributed by atoms with Crippen molar-refractivity contribution in [2.24, 2.45) is 7.05 Å². The fourth-order valence-electron chi connectivity index (χ4n) is 2.58. The minimum Gasteiger partial charge on any atom is -0.335 e. The molecule has 0 aliphatic carbocycles. The summed E-state index contributed by atoms with van der Waals surface area (Å²) in [6, 6.07) is 4.18. The zero-order chi connectivity index (χ0) is 16.4. The minimum absolute atomic E-state index is 0.480. The maximum absolute atomic E-state index is 9.03. The van der Waals surface area contributed by atoms with Gasteiger partial charge in [-0.3, -0.25) is 0 Å². The Morgan fingerprint density at radius 2 is 2.22 bits per heavy atom. The van der Waals surface area contributed by atoms with E-state index < -0.39 is 0 Å². The lowest BCUT2D eigenvalue weighted by molar-refractivity contribution is 0.648. The molecule has 3 aromatic rings. The minimum atomic E-state index is 0.480. The first-order valence-corrected chi connectivity index (χ1v) is 8.12. The van der Waals surface area contributed by atoms with Crippen LogP contribution in [0.1, 0.15) is 22.6 Å². The second-order valence-electron chi connectivity index (χ2n) is 5.49. The molecule has 0 radical (unpaired) electrons. The largest absolute Gasteiger partial charge is 0.335 e. The molecular formula is C16H17BrN6. The van der Waals surface area contributed by atoms with Gasteiger partial charge >= 0.3 is 0 Å². The van der Waals surface area contributed by atoms with Crippen molar-refractivity contribution in [1.29, 1.82) is 5.26 Å². The third-order valence-electron chi connectivity index (χ3n) is 3.77. The van der Waals surface area contributed by atoms with Crippen LogP contribution in [0.2, 0.25) is 0 Å². The number of hydrogen-bond acceptors (Lipinski definition) is 4. The molecule has 3 rings (SSSR count). The van der Waals surface area contributed by atoms with E-state index in [1.165, 1.54) is 0 Å². The third kappa shape index (κ3) is 3.28. The summed E-state index contributed by atoms with van der Waals surface area (Å²) in [7, 11) is 1.90. The highest BCUT2D eigenvalue weighted by Crippen LogP contribution is 2.17. The highest BCUT2D eigenvalue weighted by atomic mass is 79.9. The number of pyridine rings is 1. The summed E-state index contributed by atoms with van der Waals surface area (Å²) in [5.74, 6) is 0. The number of nitrogens with zero attached hydrogens (tertiary/aromatic N) is 5. The lowest BCUT2D eigenvalue weighted by Crippen LogP contribution is -2.19. The summed E-state index contributed by atoms with van der Waals surface area (Å²) in [6.07, 6.45) is 6.57. The predicted molar refractivity (Wildman–Crippen MR) is 91.0 cm³/mol. The van der Waals surface area contributed by atoms with Gasteiger partial charge in [-0.2, -0.15) is 5.26 Å². The summed E-state index contributed by atoms with van der Waals surface area (Å²) < 4.78 is 4.96. The molecule has 3 aromatic heterocycles. The van der Waals surface area contributed by atoms with Crippen LogP contribution in [-0.2, 0) is 20.0 Å². The van der Waals surface area contributed by atoms with Crippen molar-refractivity contribution in [3.8, 4) is 6.07 Å². The Morgan fingerprint density at radius 1 is 1.39 bits per heavy atom. The molecule has 0 aliphatic heterocycles. The second-order valence-corrected chi connectivity index (χ2v) is 6.41. The van der Waals surface area contributed by atoms with E-state index in [0.29, 0.717) is 12.2 Å². The topological polar surface area (TPSA) is 70.9 Å². The van der Waals surface area contributed by atoms with Gasteiger partial charge in [-0.1, -0.05) is 0 Å². The Labute approximate surface area is 142 Å². The van der Waals surface area contributed by atoms with E-state index in [9.17, 15) is 0 Å². The van der Waals surface area contributed by atoms with Crippen molar-refractivity contribution in [1.82, 2.24) is 24.3 Å². The van der Waals surface area contributed by atoms with E-state index in [4.69, 9.17) is 5.26 Å². The van der Waals surface area contributed by atoms with E-state index in [1.807, 2.05) is 22.2 Å². The van der Waals surface area contributed by atoms with Crippen molar-refractivity contribution in [2.45, 2.75) is 19.9 Å². The molecule has 0 bridgehead atoms. The van der Waals surface area contributed by atoms with Crippen molar-refractivity contribution in [3.63, 3.8) is 0 Å². The van der Waals surface area contributed by atoms with Gasteiger partial charge in [0.25, 0.3) is 0 Å². The highest BCUT2D eigenvalue weighted by molar-refractivity contribution is 9.10. The first-order chi connectivity index (χ1) is 11.1. The quantitative estimate of drug-likeness (QED) is 0.697. The number of rotatable bonds is 5. The van der Waals surface area contributed by atoms with Gasteiger partial charge in [0.2, 0.25) is 0 Å². The molecule has 3 heterocycles. The van der Waals surface area contributed by atoms with Gasteiger partial charge in [-0.05, 0) is 34.5 Å². The number of halogens is 1. The Bertz CT molecular complexity index is 886. The first-order valence-electron chi connectivity index (χ1n) is 7.33. The van der Waals surface area contributed by atoms with Gasteiger partial charge in [-0.25, -0.2) is 9.97 Å².